The molecule has 0 radical (unpaired) electrons. The first-order chi connectivity index (χ1) is 11.8. The molecular formula is C19H27BrN2O2S. The zero-order valence-electron chi connectivity index (χ0n) is 14.9. The number of thiophene rings is 1. The summed E-state index contributed by atoms with van der Waals surface area (Å²) in [6.07, 6.45) is 6.61. The topological polar surface area (TPSA) is 52.6 Å². The van der Waals surface area contributed by atoms with Gasteiger partial charge in [-0.1, -0.05) is 0 Å². The third-order valence-electron chi connectivity index (χ3n) is 6.37. The highest BCUT2D eigenvalue weighted by Gasteiger charge is 2.54. The molecule has 1 aromatic rings. The number of nitrogens with one attached hydrogen (secondary N) is 1. The molecule has 1 atom stereocenters. The number of carbonyl (C=O) groups excluding carboxylic acids is 1. The van der Waals surface area contributed by atoms with Crippen LogP contribution in [0.2, 0.25) is 0 Å². The molecule has 6 heteroatoms. The van der Waals surface area contributed by atoms with Crippen molar-refractivity contribution in [3.05, 3.63) is 15.4 Å². The fraction of sp³-hybridized carbons (Fsp3) is 0.737. The molecule has 25 heavy (non-hydrogen) atoms. The molecule has 0 saturated heterocycles. The average molecular weight is 427 g/mol. The molecule has 1 heterocycles. The van der Waals surface area contributed by atoms with Gasteiger partial charge in [0.1, 0.15) is 5.00 Å². The monoisotopic (exact) mass is 426 g/mol. The van der Waals surface area contributed by atoms with Crippen molar-refractivity contribution in [2.45, 2.75) is 44.6 Å². The molecule has 1 aromatic heterocycles. The van der Waals surface area contributed by atoms with Gasteiger partial charge < -0.3 is 15.3 Å². The van der Waals surface area contributed by atoms with Crippen molar-refractivity contribution < 1.29 is 9.90 Å². The van der Waals surface area contributed by atoms with E-state index in [4.69, 9.17) is 0 Å². The zero-order valence-corrected chi connectivity index (χ0v) is 17.3. The van der Waals surface area contributed by atoms with Gasteiger partial charge in [-0.05, 0) is 92.4 Å². The summed E-state index contributed by atoms with van der Waals surface area (Å²) in [5.41, 5.74) is 0.665. The quantitative estimate of drug-likeness (QED) is 0.739. The smallest absolute Gasteiger partial charge is 0.231 e. The van der Waals surface area contributed by atoms with Crippen LogP contribution in [0.5, 0.6) is 0 Å². The number of anilines is 1. The molecule has 0 aromatic carbocycles. The summed E-state index contributed by atoms with van der Waals surface area (Å²) in [4.78, 5) is 15.2. The molecule has 2 N–H and O–H groups in total. The fourth-order valence-corrected chi connectivity index (χ4v) is 7.36. The van der Waals surface area contributed by atoms with E-state index in [0.29, 0.717) is 6.54 Å². The SMILES string of the molecule is CN(C)CC(O)c1cc(Br)sc1NC(=O)C12CC3CC(CC(C3)C1)C2. The number of halogens is 1. The Morgan fingerprint density at radius 1 is 1.32 bits per heavy atom. The highest BCUT2D eigenvalue weighted by atomic mass is 79.9. The van der Waals surface area contributed by atoms with Gasteiger partial charge in [0.15, 0.2) is 0 Å². The number of nitrogens with zero attached hydrogens (tertiary/aromatic N) is 1. The molecular weight excluding hydrogens is 400 g/mol. The Morgan fingerprint density at radius 3 is 2.40 bits per heavy atom. The van der Waals surface area contributed by atoms with E-state index < -0.39 is 6.10 Å². The predicted molar refractivity (Wildman–Crippen MR) is 105 cm³/mol. The summed E-state index contributed by atoms with van der Waals surface area (Å²) in [5.74, 6) is 2.46. The van der Waals surface area contributed by atoms with E-state index in [1.165, 1.54) is 30.6 Å². The van der Waals surface area contributed by atoms with Gasteiger partial charge in [0.05, 0.1) is 15.3 Å². The molecule has 4 aliphatic rings. The number of amides is 1. The van der Waals surface area contributed by atoms with Crippen LogP contribution in [0.25, 0.3) is 0 Å². The molecule has 5 rings (SSSR count). The third-order valence-corrected chi connectivity index (χ3v) is 7.94. The molecule has 1 unspecified atom stereocenters. The maximum atomic E-state index is 13.3. The number of aliphatic hydroxyl groups is 1. The summed E-state index contributed by atoms with van der Waals surface area (Å²) < 4.78 is 0.945. The van der Waals surface area contributed by atoms with Gasteiger partial charge in [0.25, 0.3) is 0 Å². The second-order valence-electron chi connectivity index (χ2n) is 8.77. The Hall–Kier alpha value is -0.430. The summed E-state index contributed by atoms with van der Waals surface area (Å²) in [7, 11) is 3.89. The van der Waals surface area contributed by atoms with Crippen LogP contribution in [-0.2, 0) is 4.79 Å². The van der Waals surface area contributed by atoms with Crippen LogP contribution in [0.1, 0.15) is 50.2 Å². The second-order valence-corrected chi connectivity index (χ2v) is 11.2. The average Bonchev–Trinajstić information content (AvgIpc) is 2.86. The maximum absolute atomic E-state index is 13.3. The fourth-order valence-electron chi connectivity index (χ4n) is 5.79. The lowest BCUT2D eigenvalue weighted by atomic mass is 9.49. The molecule has 0 spiro atoms. The first kappa shape index (κ1) is 18.0. The van der Waals surface area contributed by atoms with Crippen molar-refractivity contribution in [3.8, 4) is 0 Å². The van der Waals surface area contributed by atoms with E-state index in [1.54, 1.807) is 0 Å². The van der Waals surface area contributed by atoms with E-state index in [-0.39, 0.29) is 11.3 Å². The Morgan fingerprint density at radius 2 is 1.88 bits per heavy atom. The molecule has 4 bridgehead atoms. The van der Waals surface area contributed by atoms with E-state index >= 15 is 0 Å². The lowest BCUT2D eigenvalue weighted by Crippen LogP contribution is -2.51. The van der Waals surface area contributed by atoms with Crippen molar-refractivity contribution in [1.29, 1.82) is 0 Å². The first-order valence-corrected chi connectivity index (χ1v) is 10.9. The van der Waals surface area contributed by atoms with E-state index in [9.17, 15) is 9.90 Å². The summed E-state index contributed by atoms with van der Waals surface area (Å²) in [6.45, 7) is 0.545. The van der Waals surface area contributed by atoms with Crippen LogP contribution in [0.3, 0.4) is 0 Å². The second kappa shape index (κ2) is 6.63. The Bertz CT molecular complexity index is 637. The molecule has 1 amide bonds. The summed E-state index contributed by atoms with van der Waals surface area (Å²) in [6, 6.07) is 1.94. The minimum absolute atomic E-state index is 0.158. The molecule has 0 aliphatic heterocycles. The highest BCUT2D eigenvalue weighted by Crippen LogP contribution is 2.60. The van der Waals surface area contributed by atoms with Crippen molar-refractivity contribution >= 4 is 38.2 Å². The number of carbonyl (C=O) groups is 1. The number of aliphatic hydroxyl groups excluding tert-OH is 1. The lowest BCUT2D eigenvalue weighted by Gasteiger charge is -2.55. The standard InChI is InChI=1S/C19H27BrN2O2S/c1-22(2)10-15(23)14-6-16(20)25-17(14)21-18(24)19-7-11-3-12(8-19)5-13(4-11)9-19/h6,11-13,15,23H,3-5,7-10H2,1-2H3,(H,21,24). The molecule has 138 valence electrons. The van der Waals surface area contributed by atoms with Crippen molar-refractivity contribution in [2.24, 2.45) is 23.2 Å². The summed E-state index contributed by atoms with van der Waals surface area (Å²) in [5, 5.41) is 14.5. The lowest BCUT2D eigenvalue weighted by molar-refractivity contribution is -0.140. The highest BCUT2D eigenvalue weighted by molar-refractivity contribution is 9.11. The summed E-state index contributed by atoms with van der Waals surface area (Å²) >= 11 is 5.02. The van der Waals surface area contributed by atoms with Gasteiger partial charge in [0.2, 0.25) is 5.91 Å². The van der Waals surface area contributed by atoms with E-state index in [0.717, 1.165) is 51.4 Å². The predicted octanol–water partition coefficient (Wildman–Crippen LogP) is 4.26. The molecule has 4 saturated carbocycles. The minimum Gasteiger partial charge on any atom is -0.387 e. The van der Waals surface area contributed by atoms with Crippen molar-refractivity contribution in [1.82, 2.24) is 4.90 Å². The van der Waals surface area contributed by atoms with Crippen LogP contribution in [0.4, 0.5) is 5.00 Å². The largest absolute Gasteiger partial charge is 0.387 e. The van der Waals surface area contributed by atoms with Gasteiger partial charge in [-0.25, -0.2) is 0 Å². The number of hydrogen-bond donors (Lipinski definition) is 2. The Balaban J connectivity index is 1.53. The number of hydrogen-bond acceptors (Lipinski definition) is 4. The third kappa shape index (κ3) is 3.43. The zero-order chi connectivity index (χ0) is 17.8. The van der Waals surface area contributed by atoms with Gasteiger partial charge in [0, 0.05) is 12.1 Å². The molecule has 4 fully saturated rings. The maximum Gasteiger partial charge on any atom is 0.231 e. The van der Waals surface area contributed by atoms with E-state index in [1.807, 2.05) is 25.1 Å². The van der Waals surface area contributed by atoms with Crippen LogP contribution >= 0.6 is 27.3 Å². The first-order valence-electron chi connectivity index (χ1n) is 9.28. The van der Waals surface area contributed by atoms with Gasteiger partial charge in [-0.15, -0.1) is 11.3 Å². The van der Waals surface area contributed by atoms with Crippen LogP contribution < -0.4 is 5.32 Å². The molecule has 4 nitrogen and oxygen atoms in total. The van der Waals surface area contributed by atoms with Gasteiger partial charge in [-0.3, -0.25) is 4.79 Å². The number of rotatable bonds is 5. The van der Waals surface area contributed by atoms with E-state index in [2.05, 4.69) is 21.2 Å². The van der Waals surface area contributed by atoms with Gasteiger partial charge in [-0.2, -0.15) is 0 Å². The van der Waals surface area contributed by atoms with Crippen LogP contribution in [0.15, 0.2) is 9.85 Å². The van der Waals surface area contributed by atoms with Crippen molar-refractivity contribution in [3.63, 3.8) is 0 Å². The Kier molecular flexibility index (Phi) is 4.76. The minimum atomic E-state index is -0.593. The van der Waals surface area contributed by atoms with Gasteiger partial charge >= 0.3 is 0 Å². The normalized spacial score (nSPS) is 34.5. The van der Waals surface area contributed by atoms with Crippen LogP contribution in [0, 0.1) is 23.2 Å². The van der Waals surface area contributed by atoms with Crippen LogP contribution in [-0.4, -0.2) is 36.6 Å². The number of likely N-dealkylation sites (N-methyl/N-ethyl adjacent to an activating group) is 1. The van der Waals surface area contributed by atoms with Crippen molar-refractivity contribution in [2.75, 3.05) is 26.0 Å². The molecule has 4 aliphatic carbocycles. The Labute approximate surface area is 162 Å².